The van der Waals surface area contributed by atoms with Gasteiger partial charge in [0.2, 0.25) is 0 Å². The molecule has 21 heavy (non-hydrogen) atoms. The minimum atomic E-state index is -0.946. The van der Waals surface area contributed by atoms with Gasteiger partial charge >= 0.3 is 12.0 Å². The highest BCUT2D eigenvalue weighted by atomic mass is 16.5. The number of urea groups is 1. The fourth-order valence-corrected chi connectivity index (χ4v) is 2.40. The number of likely N-dealkylation sites (tertiary alicyclic amines) is 1. The molecule has 0 aromatic heterocycles. The van der Waals surface area contributed by atoms with Gasteiger partial charge in [0.25, 0.3) is 0 Å². The normalized spacial score (nSPS) is 17.6. The van der Waals surface area contributed by atoms with E-state index in [9.17, 15) is 9.59 Å². The second kappa shape index (κ2) is 6.97. The van der Waals surface area contributed by atoms with Crippen molar-refractivity contribution >= 4 is 12.0 Å². The molecule has 1 fully saturated rings. The molecule has 1 atom stereocenters. The summed E-state index contributed by atoms with van der Waals surface area (Å²) in [5.41, 5.74) is 1.11. The van der Waals surface area contributed by atoms with Crippen LogP contribution in [0.25, 0.3) is 0 Å². The summed E-state index contributed by atoms with van der Waals surface area (Å²) >= 11 is 0. The Morgan fingerprint density at radius 3 is 3.00 bits per heavy atom. The van der Waals surface area contributed by atoms with Gasteiger partial charge in [0.05, 0.1) is 6.54 Å². The molecule has 0 bridgehead atoms. The van der Waals surface area contributed by atoms with Gasteiger partial charge in [-0.05, 0) is 37.5 Å². The van der Waals surface area contributed by atoms with Gasteiger partial charge in [-0.2, -0.15) is 0 Å². The van der Waals surface area contributed by atoms with Crippen molar-refractivity contribution in [1.82, 2.24) is 10.2 Å². The number of carboxylic acid groups (broad SMARTS) is 1. The lowest BCUT2D eigenvalue weighted by Crippen LogP contribution is -2.46. The first-order chi connectivity index (χ1) is 10.1. The van der Waals surface area contributed by atoms with E-state index >= 15 is 0 Å². The standard InChI is InChI=1S/C15H20N2O4/c1-11-4-2-5-12(10-11)21-9-7-16-15(20)17-8-3-6-13(17)14(18)19/h2,4-5,10,13H,3,6-9H2,1H3,(H,16,20)(H,18,19). The molecule has 0 aliphatic carbocycles. The van der Waals surface area contributed by atoms with Crippen LogP contribution in [0.5, 0.6) is 5.75 Å². The van der Waals surface area contributed by atoms with Crippen LogP contribution in [-0.2, 0) is 4.79 Å². The van der Waals surface area contributed by atoms with E-state index in [-0.39, 0.29) is 6.03 Å². The summed E-state index contributed by atoms with van der Waals surface area (Å²) in [4.78, 5) is 24.3. The maximum absolute atomic E-state index is 11.9. The molecule has 1 aliphatic rings. The maximum Gasteiger partial charge on any atom is 0.326 e. The van der Waals surface area contributed by atoms with Gasteiger partial charge in [0, 0.05) is 6.54 Å². The van der Waals surface area contributed by atoms with Gasteiger partial charge in [0.1, 0.15) is 18.4 Å². The Morgan fingerprint density at radius 1 is 1.48 bits per heavy atom. The molecule has 6 nitrogen and oxygen atoms in total. The van der Waals surface area contributed by atoms with Crippen molar-refractivity contribution in [3.8, 4) is 5.75 Å². The van der Waals surface area contributed by atoms with E-state index in [1.54, 1.807) is 0 Å². The number of nitrogens with zero attached hydrogens (tertiary/aromatic N) is 1. The molecular weight excluding hydrogens is 272 g/mol. The Balaban J connectivity index is 1.73. The van der Waals surface area contributed by atoms with E-state index in [0.717, 1.165) is 17.7 Å². The van der Waals surface area contributed by atoms with E-state index < -0.39 is 12.0 Å². The summed E-state index contributed by atoms with van der Waals surface area (Å²) in [6, 6.07) is 6.62. The Bertz CT molecular complexity index is 518. The van der Waals surface area contributed by atoms with Crippen LogP contribution in [0.2, 0.25) is 0 Å². The number of aliphatic carboxylic acids is 1. The minimum Gasteiger partial charge on any atom is -0.492 e. The van der Waals surface area contributed by atoms with Crippen molar-refractivity contribution in [2.75, 3.05) is 19.7 Å². The van der Waals surface area contributed by atoms with E-state index in [1.165, 1.54) is 4.90 Å². The van der Waals surface area contributed by atoms with E-state index in [2.05, 4.69) is 5.32 Å². The number of rotatable bonds is 5. The monoisotopic (exact) mass is 292 g/mol. The van der Waals surface area contributed by atoms with Gasteiger partial charge in [-0.3, -0.25) is 0 Å². The fraction of sp³-hybridized carbons (Fsp3) is 0.467. The average Bonchev–Trinajstić information content (AvgIpc) is 2.93. The number of carbonyl (C=O) groups is 2. The molecule has 6 heteroatoms. The summed E-state index contributed by atoms with van der Waals surface area (Å²) in [5, 5.41) is 11.7. The lowest BCUT2D eigenvalue weighted by Gasteiger charge is -2.21. The van der Waals surface area contributed by atoms with Gasteiger partial charge < -0.3 is 20.1 Å². The summed E-state index contributed by atoms with van der Waals surface area (Å²) in [6.07, 6.45) is 1.24. The Kier molecular flexibility index (Phi) is 5.03. The number of carbonyl (C=O) groups excluding carboxylic acids is 1. The highest BCUT2D eigenvalue weighted by Gasteiger charge is 2.33. The third kappa shape index (κ3) is 4.11. The molecule has 0 spiro atoms. The number of ether oxygens (including phenoxy) is 1. The number of aryl methyl sites for hydroxylation is 1. The predicted octanol–water partition coefficient (Wildman–Crippen LogP) is 1.63. The van der Waals surface area contributed by atoms with E-state index in [4.69, 9.17) is 9.84 Å². The number of benzene rings is 1. The van der Waals surface area contributed by atoms with Crippen molar-refractivity contribution in [3.63, 3.8) is 0 Å². The van der Waals surface area contributed by atoms with Crippen molar-refractivity contribution in [2.45, 2.75) is 25.8 Å². The van der Waals surface area contributed by atoms with Crippen LogP contribution in [0, 0.1) is 6.92 Å². The van der Waals surface area contributed by atoms with Gasteiger partial charge in [0.15, 0.2) is 0 Å². The molecule has 0 saturated carbocycles. The van der Waals surface area contributed by atoms with Gasteiger partial charge in [-0.1, -0.05) is 12.1 Å². The summed E-state index contributed by atoms with van der Waals surface area (Å²) in [7, 11) is 0. The smallest absolute Gasteiger partial charge is 0.326 e. The zero-order valence-corrected chi connectivity index (χ0v) is 12.0. The molecule has 1 heterocycles. The Morgan fingerprint density at radius 2 is 2.29 bits per heavy atom. The van der Waals surface area contributed by atoms with Gasteiger partial charge in [-0.25, -0.2) is 9.59 Å². The lowest BCUT2D eigenvalue weighted by molar-refractivity contribution is -0.141. The molecule has 1 aromatic rings. The fourth-order valence-electron chi connectivity index (χ4n) is 2.40. The van der Waals surface area contributed by atoms with Crippen LogP contribution < -0.4 is 10.1 Å². The zero-order chi connectivity index (χ0) is 15.2. The number of carboxylic acids is 1. The molecule has 1 saturated heterocycles. The van der Waals surface area contributed by atoms with Crippen molar-refractivity contribution in [2.24, 2.45) is 0 Å². The number of nitrogens with one attached hydrogen (secondary N) is 1. The molecule has 1 aliphatic heterocycles. The van der Waals surface area contributed by atoms with E-state index in [1.807, 2.05) is 31.2 Å². The van der Waals surface area contributed by atoms with E-state index in [0.29, 0.717) is 26.1 Å². The van der Waals surface area contributed by atoms with Crippen molar-refractivity contribution in [1.29, 1.82) is 0 Å². The maximum atomic E-state index is 11.9. The number of hydrogen-bond acceptors (Lipinski definition) is 3. The van der Waals surface area contributed by atoms with Crippen LogP contribution in [0.15, 0.2) is 24.3 Å². The SMILES string of the molecule is Cc1cccc(OCCNC(=O)N2CCCC2C(=O)O)c1. The van der Waals surface area contributed by atoms with Crippen LogP contribution in [0.1, 0.15) is 18.4 Å². The van der Waals surface area contributed by atoms with Gasteiger partial charge in [-0.15, -0.1) is 0 Å². The number of hydrogen-bond donors (Lipinski definition) is 2. The summed E-state index contributed by atoms with van der Waals surface area (Å²) in [6.45, 7) is 3.16. The zero-order valence-electron chi connectivity index (χ0n) is 12.0. The van der Waals surface area contributed by atoms with Crippen molar-refractivity contribution in [3.05, 3.63) is 29.8 Å². The quantitative estimate of drug-likeness (QED) is 0.809. The number of amides is 2. The van der Waals surface area contributed by atoms with Crippen LogP contribution >= 0.6 is 0 Å². The third-order valence-corrected chi connectivity index (χ3v) is 3.44. The molecule has 2 N–H and O–H groups in total. The molecule has 2 rings (SSSR count). The van der Waals surface area contributed by atoms with Crippen LogP contribution in [0.4, 0.5) is 4.79 Å². The predicted molar refractivity (Wildman–Crippen MR) is 77.4 cm³/mol. The minimum absolute atomic E-state index is 0.340. The average molecular weight is 292 g/mol. The van der Waals surface area contributed by atoms with Crippen LogP contribution in [-0.4, -0.2) is 47.7 Å². The first-order valence-electron chi connectivity index (χ1n) is 7.04. The Labute approximate surface area is 123 Å². The first-order valence-corrected chi connectivity index (χ1v) is 7.04. The second-order valence-corrected chi connectivity index (χ2v) is 5.09. The largest absolute Gasteiger partial charge is 0.492 e. The summed E-state index contributed by atoms with van der Waals surface area (Å²) in [5.74, 6) is -0.188. The highest BCUT2D eigenvalue weighted by molar-refractivity contribution is 5.83. The molecule has 1 unspecified atom stereocenters. The molecule has 1 aromatic carbocycles. The molecule has 2 amide bonds. The highest BCUT2D eigenvalue weighted by Crippen LogP contribution is 2.17. The summed E-state index contributed by atoms with van der Waals surface area (Å²) < 4.78 is 5.52. The lowest BCUT2D eigenvalue weighted by atomic mass is 10.2. The molecule has 114 valence electrons. The second-order valence-electron chi connectivity index (χ2n) is 5.09. The van der Waals surface area contributed by atoms with Crippen LogP contribution in [0.3, 0.4) is 0 Å². The Hall–Kier alpha value is -2.24. The first kappa shape index (κ1) is 15.2. The topological polar surface area (TPSA) is 78.9 Å². The molecule has 0 radical (unpaired) electrons. The molecular formula is C15H20N2O4. The third-order valence-electron chi connectivity index (χ3n) is 3.44. The van der Waals surface area contributed by atoms with Crippen molar-refractivity contribution < 1.29 is 19.4 Å².